The second kappa shape index (κ2) is 7.52. The van der Waals surface area contributed by atoms with E-state index in [0.29, 0.717) is 37.4 Å². The monoisotopic (exact) mass is 378 g/mol. The lowest BCUT2D eigenvalue weighted by molar-refractivity contribution is 0.926. The molecule has 21 heavy (non-hydrogen) atoms. The van der Waals surface area contributed by atoms with Gasteiger partial charge in [0.2, 0.25) is 0 Å². The molecule has 0 spiro atoms. The highest BCUT2D eigenvalue weighted by Crippen LogP contribution is 2.23. The van der Waals surface area contributed by atoms with E-state index in [0.717, 1.165) is 5.56 Å². The number of anilines is 1. The smallest absolute Gasteiger partial charge is 0.171 e. The molecule has 0 atom stereocenters. The highest BCUT2D eigenvalue weighted by atomic mass is 35.5. The zero-order valence-electron chi connectivity index (χ0n) is 10.6. The van der Waals surface area contributed by atoms with Crippen molar-refractivity contribution in [1.82, 2.24) is 5.32 Å². The normalized spacial score (nSPS) is 10.3. The first-order valence-electron chi connectivity index (χ1n) is 5.89. The number of nitrogens with one attached hydrogen (secondary N) is 2. The van der Waals surface area contributed by atoms with E-state index < -0.39 is 0 Å². The van der Waals surface area contributed by atoms with Crippen LogP contribution in [0.1, 0.15) is 5.56 Å². The second-order valence-electron chi connectivity index (χ2n) is 4.20. The van der Waals surface area contributed by atoms with E-state index in [1.165, 1.54) is 0 Å². The number of halogens is 4. The summed E-state index contributed by atoms with van der Waals surface area (Å²) in [6.07, 6.45) is 0. The van der Waals surface area contributed by atoms with E-state index in [1.807, 2.05) is 6.07 Å². The Morgan fingerprint density at radius 1 is 0.905 bits per heavy atom. The molecule has 2 nitrogen and oxygen atoms in total. The Morgan fingerprint density at radius 2 is 1.57 bits per heavy atom. The lowest BCUT2D eigenvalue weighted by Gasteiger charge is -2.12. The van der Waals surface area contributed by atoms with Gasteiger partial charge >= 0.3 is 0 Å². The number of benzene rings is 2. The molecule has 0 aromatic heterocycles. The predicted octanol–water partition coefficient (Wildman–Crippen LogP) is 5.79. The molecular formula is C14H10Cl4N2S. The van der Waals surface area contributed by atoms with Crippen molar-refractivity contribution in [3.8, 4) is 0 Å². The van der Waals surface area contributed by atoms with Gasteiger partial charge in [-0.1, -0.05) is 52.5 Å². The number of hydrogen-bond acceptors (Lipinski definition) is 1. The van der Waals surface area contributed by atoms with Crippen LogP contribution in [0.3, 0.4) is 0 Å². The molecule has 0 bridgehead atoms. The first-order chi connectivity index (χ1) is 9.94. The molecule has 0 aliphatic rings. The van der Waals surface area contributed by atoms with Gasteiger partial charge in [0.1, 0.15) is 0 Å². The lowest BCUT2D eigenvalue weighted by atomic mass is 10.2. The van der Waals surface area contributed by atoms with Crippen LogP contribution in [-0.2, 0) is 6.54 Å². The van der Waals surface area contributed by atoms with E-state index >= 15 is 0 Å². The van der Waals surface area contributed by atoms with Crippen LogP contribution in [0.2, 0.25) is 20.1 Å². The molecule has 0 radical (unpaired) electrons. The van der Waals surface area contributed by atoms with Crippen LogP contribution < -0.4 is 10.6 Å². The minimum atomic E-state index is 0.444. The maximum Gasteiger partial charge on any atom is 0.171 e. The summed E-state index contributed by atoms with van der Waals surface area (Å²) in [6.45, 7) is 0.482. The standard InChI is InChI=1S/C14H10Cl4N2S/c15-9-2-1-8(13(18)6-9)7-19-14(21)20-12-4-10(16)3-11(17)5-12/h1-6H,7H2,(H2,19,20,21). The fourth-order valence-electron chi connectivity index (χ4n) is 1.64. The summed E-state index contributed by atoms with van der Waals surface area (Å²) in [5.74, 6) is 0. The molecule has 0 fully saturated rings. The van der Waals surface area contributed by atoms with Crippen molar-refractivity contribution in [2.75, 3.05) is 5.32 Å². The van der Waals surface area contributed by atoms with E-state index in [9.17, 15) is 0 Å². The van der Waals surface area contributed by atoms with Crippen molar-refractivity contribution >= 4 is 69.4 Å². The van der Waals surface area contributed by atoms with Crippen molar-refractivity contribution in [2.24, 2.45) is 0 Å². The summed E-state index contributed by atoms with van der Waals surface area (Å²) in [5, 5.41) is 8.76. The molecule has 2 aromatic carbocycles. The number of hydrogen-bond donors (Lipinski definition) is 2. The Hall–Kier alpha value is -0.710. The lowest BCUT2D eigenvalue weighted by Crippen LogP contribution is -2.28. The summed E-state index contributed by atoms with van der Waals surface area (Å²) in [4.78, 5) is 0. The third kappa shape index (κ3) is 5.20. The van der Waals surface area contributed by atoms with Crippen molar-refractivity contribution in [2.45, 2.75) is 6.54 Å². The Balaban J connectivity index is 1.95. The summed E-state index contributed by atoms with van der Waals surface area (Å²) < 4.78 is 0. The van der Waals surface area contributed by atoms with Gasteiger partial charge in [0.05, 0.1) is 0 Å². The van der Waals surface area contributed by atoms with Gasteiger partial charge in [0, 0.05) is 32.3 Å². The van der Waals surface area contributed by atoms with Crippen LogP contribution in [0.25, 0.3) is 0 Å². The summed E-state index contributed by atoms with van der Waals surface area (Å²) in [6, 6.07) is 10.4. The Bertz CT molecular complexity index is 656. The van der Waals surface area contributed by atoms with E-state index in [4.69, 9.17) is 58.6 Å². The van der Waals surface area contributed by atoms with Crippen LogP contribution in [0.4, 0.5) is 5.69 Å². The molecule has 2 N–H and O–H groups in total. The molecule has 0 unspecified atom stereocenters. The fourth-order valence-corrected chi connectivity index (χ4v) is 2.83. The van der Waals surface area contributed by atoms with Crippen molar-refractivity contribution in [1.29, 1.82) is 0 Å². The van der Waals surface area contributed by atoms with E-state index in [-0.39, 0.29) is 0 Å². The van der Waals surface area contributed by atoms with Gasteiger partial charge in [-0.2, -0.15) is 0 Å². The Morgan fingerprint density at radius 3 is 2.19 bits per heavy atom. The van der Waals surface area contributed by atoms with Crippen LogP contribution in [-0.4, -0.2) is 5.11 Å². The third-order valence-electron chi connectivity index (χ3n) is 2.57. The van der Waals surface area contributed by atoms with Crippen molar-refractivity contribution in [3.63, 3.8) is 0 Å². The molecule has 110 valence electrons. The molecule has 2 rings (SSSR count). The Labute approximate surface area is 148 Å². The topological polar surface area (TPSA) is 24.1 Å². The molecule has 0 amide bonds. The molecule has 0 saturated heterocycles. The predicted molar refractivity (Wildman–Crippen MR) is 96.0 cm³/mol. The molecule has 2 aromatic rings. The largest absolute Gasteiger partial charge is 0.358 e. The third-order valence-corrected chi connectivity index (χ3v) is 3.84. The van der Waals surface area contributed by atoms with Crippen LogP contribution in [0, 0.1) is 0 Å². The second-order valence-corrected chi connectivity index (χ2v) is 6.33. The van der Waals surface area contributed by atoms with Gasteiger partial charge in [-0.05, 0) is 48.1 Å². The van der Waals surface area contributed by atoms with Crippen LogP contribution in [0.15, 0.2) is 36.4 Å². The van der Waals surface area contributed by atoms with Crippen LogP contribution in [0.5, 0.6) is 0 Å². The zero-order valence-corrected chi connectivity index (χ0v) is 14.4. The maximum absolute atomic E-state index is 6.09. The molecule has 0 saturated carbocycles. The number of rotatable bonds is 3. The molecule has 0 aliphatic heterocycles. The summed E-state index contributed by atoms with van der Waals surface area (Å²) in [7, 11) is 0. The highest BCUT2D eigenvalue weighted by Gasteiger charge is 2.04. The highest BCUT2D eigenvalue weighted by molar-refractivity contribution is 7.80. The first-order valence-corrected chi connectivity index (χ1v) is 7.81. The fraction of sp³-hybridized carbons (Fsp3) is 0.0714. The zero-order chi connectivity index (χ0) is 15.4. The SMILES string of the molecule is S=C(NCc1ccc(Cl)cc1Cl)Nc1cc(Cl)cc(Cl)c1. The van der Waals surface area contributed by atoms with Gasteiger partial charge in [0.15, 0.2) is 5.11 Å². The van der Waals surface area contributed by atoms with Gasteiger partial charge < -0.3 is 10.6 Å². The van der Waals surface area contributed by atoms with Gasteiger partial charge in [-0.3, -0.25) is 0 Å². The van der Waals surface area contributed by atoms with E-state index in [2.05, 4.69) is 10.6 Å². The van der Waals surface area contributed by atoms with Crippen molar-refractivity contribution in [3.05, 3.63) is 62.1 Å². The molecule has 0 aliphatic carbocycles. The van der Waals surface area contributed by atoms with Gasteiger partial charge in [-0.25, -0.2) is 0 Å². The summed E-state index contributed by atoms with van der Waals surface area (Å²) in [5.41, 5.74) is 1.61. The molecular weight excluding hydrogens is 370 g/mol. The maximum atomic E-state index is 6.09. The minimum Gasteiger partial charge on any atom is -0.358 e. The first kappa shape index (κ1) is 16.7. The average Bonchev–Trinajstić information content (AvgIpc) is 2.36. The van der Waals surface area contributed by atoms with Crippen molar-refractivity contribution < 1.29 is 0 Å². The van der Waals surface area contributed by atoms with Crippen LogP contribution >= 0.6 is 58.6 Å². The summed E-state index contributed by atoms with van der Waals surface area (Å²) >= 11 is 29.0. The van der Waals surface area contributed by atoms with Gasteiger partial charge in [0.25, 0.3) is 0 Å². The average molecular weight is 380 g/mol. The Kier molecular flexibility index (Phi) is 5.97. The molecule has 0 heterocycles. The molecule has 7 heteroatoms. The minimum absolute atomic E-state index is 0.444. The van der Waals surface area contributed by atoms with Gasteiger partial charge in [-0.15, -0.1) is 0 Å². The quantitative estimate of drug-likeness (QED) is 0.660. The number of thiocarbonyl (C=S) groups is 1. The van der Waals surface area contributed by atoms with E-state index in [1.54, 1.807) is 30.3 Å².